The monoisotopic (exact) mass is 498 g/mol. The summed E-state index contributed by atoms with van der Waals surface area (Å²) >= 11 is 2.19. The van der Waals surface area contributed by atoms with Gasteiger partial charge < -0.3 is 15.0 Å². The van der Waals surface area contributed by atoms with Crippen LogP contribution in [0.3, 0.4) is 0 Å². The Hall–Kier alpha value is -2.16. The van der Waals surface area contributed by atoms with E-state index in [1.165, 1.54) is 17.0 Å². The number of benzene rings is 2. The summed E-state index contributed by atoms with van der Waals surface area (Å²) in [4.78, 5) is 26.7. The minimum Gasteiger partial charge on any atom is -0.484 e. The molecule has 0 spiro atoms. The van der Waals surface area contributed by atoms with E-state index < -0.39 is 6.04 Å². The Morgan fingerprint density at radius 3 is 2.25 bits per heavy atom. The second kappa shape index (κ2) is 10.4. The van der Waals surface area contributed by atoms with Gasteiger partial charge in [0.15, 0.2) is 6.61 Å². The molecule has 0 aliphatic carbocycles. The first-order valence-electron chi connectivity index (χ1n) is 8.99. The topological polar surface area (TPSA) is 58.6 Å². The van der Waals surface area contributed by atoms with E-state index in [-0.39, 0.29) is 36.8 Å². The molecule has 0 unspecified atom stereocenters. The second-order valence-corrected chi connectivity index (χ2v) is 7.98. The number of amides is 2. The third-order valence-corrected chi connectivity index (χ3v) is 4.76. The summed E-state index contributed by atoms with van der Waals surface area (Å²) < 4.78 is 19.8. The maximum atomic E-state index is 13.2. The van der Waals surface area contributed by atoms with E-state index >= 15 is 0 Å². The lowest BCUT2D eigenvalue weighted by Gasteiger charge is -2.29. The average molecular weight is 498 g/mol. The van der Waals surface area contributed by atoms with Gasteiger partial charge in [-0.15, -0.1) is 0 Å². The van der Waals surface area contributed by atoms with E-state index in [0.717, 1.165) is 9.13 Å². The predicted molar refractivity (Wildman–Crippen MR) is 114 cm³/mol. The molecule has 0 bridgehead atoms. The van der Waals surface area contributed by atoms with Crippen LogP contribution in [0.25, 0.3) is 0 Å². The van der Waals surface area contributed by atoms with Crippen LogP contribution in [0.1, 0.15) is 26.3 Å². The smallest absolute Gasteiger partial charge is 0.261 e. The van der Waals surface area contributed by atoms with Crippen molar-refractivity contribution in [3.8, 4) is 5.75 Å². The highest BCUT2D eigenvalue weighted by Crippen LogP contribution is 2.15. The molecule has 0 saturated heterocycles. The maximum Gasteiger partial charge on any atom is 0.261 e. The van der Waals surface area contributed by atoms with Gasteiger partial charge in [-0.2, -0.15) is 0 Å². The summed E-state index contributed by atoms with van der Waals surface area (Å²) in [6.07, 6.45) is 0. The molecule has 0 saturated carbocycles. The molecule has 28 heavy (non-hydrogen) atoms. The van der Waals surface area contributed by atoms with E-state index in [1.54, 1.807) is 31.2 Å². The zero-order chi connectivity index (χ0) is 20.7. The van der Waals surface area contributed by atoms with Crippen LogP contribution in [-0.2, 0) is 16.1 Å². The Morgan fingerprint density at radius 1 is 1.07 bits per heavy atom. The number of nitrogens with one attached hydrogen (secondary N) is 1. The zero-order valence-electron chi connectivity index (χ0n) is 16.1. The minimum atomic E-state index is -0.694. The maximum absolute atomic E-state index is 13.2. The van der Waals surface area contributed by atoms with E-state index in [9.17, 15) is 14.0 Å². The number of halogens is 2. The van der Waals surface area contributed by atoms with Gasteiger partial charge in [0.1, 0.15) is 17.6 Å². The van der Waals surface area contributed by atoms with Crippen molar-refractivity contribution in [2.75, 3.05) is 6.61 Å². The normalized spacial score (nSPS) is 11.8. The van der Waals surface area contributed by atoms with E-state index in [2.05, 4.69) is 27.9 Å². The average Bonchev–Trinajstić information content (AvgIpc) is 2.65. The van der Waals surface area contributed by atoms with Crippen LogP contribution >= 0.6 is 22.6 Å². The van der Waals surface area contributed by atoms with Gasteiger partial charge in [-0.05, 0) is 85.3 Å². The largest absolute Gasteiger partial charge is 0.484 e. The molecule has 0 fully saturated rings. The van der Waals surface area contributed by atoms with Crippen LogP contribution in [-0.4, -0.2) is 35.4 Å². The highest BCUT2D eigenvalue weighted by atomic mass is 127. The quantitative estimate of drug-likeness (QED) is 0.565. The van der Waals surface area contributed by atoms with Crippen LogP contribution < -0.4 is 10.1 Å². The fourth-order valence-electron chi connectivity index (χ4n) is 2.53. The summed E-state index contributed by atoms with van der Waals surface area (Å²) in [5.41, 5.74) is 0.730. The molecule has 2 aromatic carbocycles. The number of hydrogen-bond donors (Lipinski definition) is 1. The first-order chi connectivity index (χ1) is 13.3. The highest BCUT2D eigenvalue weighted by molar-refractivity contribution is 14.1. The Kier molecular flexibility index (Phi) is 8.22. The van der Waals surface area contributed by atoms with Crippen molar-refractivity contribution in [1.29, 1.82) is 0 Å². The van der Waals surface area contributed by atoms with Crippen molar-refractivity contribution in [2.24, 2.45) is 0 Å². The predicted octanol–water partition coefficient (Wildman–Crippen LogP) is 3.75. The van der Waals surface area contributed by atoms with Crippen molar-refractivity contribution in [3.05, 3.63) is 63.5 Å². The number of carbonyl (C=O) groups excluding carboxylic acids is 2. The van der Waals surface area contributed by atoms with Gasteiger partial charge in [0.2, 0.25) is 5.91 Å². The standard InChI is InChI=1S/C21H24FIN2O3/c1-14(2)24-21(27)15(3)25(12-16-4-6-17(22)7-5-16)20(26)13-28-19-10-8-18(23)9-11-19/h4-11,14-15H,12-13H2,1-3H3,(H,24,27)/t15-/m0/s1. The van der Waals surface area contributed by atoms with E-state index in [1.807, 2.05) is 26.0 Å². The highest BCUT2D eigenvalue weighted by Gasteiger charge is 2.26. The second-order valence-electron chi connectivity index (χ2n) is 6.73. The number of nitrogens with zero attached hydrogens (tertiary/aromatic N) is 1. The van der Waals surface area contributed by atoms with Gasteiger partial charge >= 0.3 is 0 Å². The van der Waals surface area contributed by atoms with Gasteiger partial charge in [0.05, 0.1) is 0 Å². The van der Waals surface area contributed by atoms with Crippen LogP contribution in [0.4, 0.5) is 4.39 Å². The Labute approximate surface area is 178 Å². The first kappa shape index (κ1) is 22.1. The van der Waals surface area contributed by atoms with Gasteiger partial charge in [0, 0.05) is 16.2 Å². The summed E-state index contributed by atoms with van der Waals surface area (Å²) in [6, 6.07) is 12.5. The van der Waals surface area contributed by atoms with Crippen molar-refractivity contribution >= 4 is 34.4 Å². The third kappa shape index (κ3) is 6.78. The molecular formula is C21H24FIN2O3. The molecule has 0 aliphatic rings. The molecule has 0 heterocycles. The number of carbonyl (C=O) groups is 2. The zero-order valence-corrected chi connectivity index (χ0v) is 18.3. The number of hydrogen-bond acceptors (Lipinski definition) is 3. The van der Waals surface area contributed by atoms with Crippen LogP contribution in [0.5, 0.6) is 5.75 Å². The van der Waals surface area contributed by atoms with Crippen molar-refractivity contribution < 1.29 is 18.7 Å². The Balaban J connectivity index is 2.12. The molecule has 150 valence electrons. The number of ether oxygens (including phenoxy) is 1. The molecule has 5 nitrogen and oxygen atoms in total. The molecule has 0 radical (unpaired) electrons. The van der Waals surface area contributed by atoms with Crippen molar-refractivity contribution in [3.63, 3.8) is 0 Å². The fourth-order valence-corrected chi connectivity index (χ4v) is 2.89. The summed E-state index contributed by atoms with van der Waals surface area (Å²) in [5.74, 6) is -0.349. The summed E-state index contributed by atoms with van der Waals surface area (Å²) in [5, 5.41) is 2.82. The van der Waals surface area contributed by atoms with Crippen LogP contribution in [0, 0.1) is 9.39 Å². The van der Waals surface area contributed by atoms with Crippen LogP contribution in [0.15, 0.2) is 48.5 Å². The Bertz CT molecular complexity index is 794. The number of rotatable bonds is 8. The minimum absolute atomic E-state index is 0.0410. The molecular weight excluding hydrogens is 474 g/mol. The van der Waals surface area contributed by atoms with Gasteiger partial charge in [-0.3, -0.25) is 9.59 Å². The van der Waals surface area contributed by atoms with Crippen molar-refractivity contribution in [1.82, 2.24) is 10.2 Å². The SMILES string of the molecule is CC(C)NC(=O)[C@H](C)N(Cc1ccc(F)cc1)C(=O)COc1ccc(I)cc1. The third-order valence-electron chi connectivity index (χ3n) is 4.04. The lowest BCUT2D eigenvalue weighted by atomic mass is 10.1. The first-order valence-corrected chi connectivity index (χ1v) is 10.1. The molecule has 0 aromatic heterocycles. The van der Waals surface area contributed by atoms with Crippen molar-refractivity contribution in [2.45, 2.75) is 39.4 Å². The molecule has 1 atom stereocenters. The lowest BCUT2D eigenvalue weighted by Crippen LogP contribution is -2.50. The Morgan fingerprint density at radius 2 is 1.68 bits per heavy atom. The molecule has 7 heteroatoms. The van der Waals surface area contributed by atoms with Crippen LogP contribution in [0.2, 0.25) is 0 Å². The molecule has 2 aromatic rings. The van der Waals surface area contributed by atoms with E-state index in [4.69, 9.17) is 4.74 Å². The van der Waals surface area contributed by atoms with Gasteiger partial charge in [-0.1, -0.05) is 12.1 Å². The van der Waals surface area contributed by atoms with Gasteiger partial charge in [-0.25, -0.2) is 4.39 Å². The molecule has 2 amide bonds. The summed E-state index contributed by atoms with van der Waals surface area (Å²) in [7, 11) is 0. The summed E-state index contributed by atoms with van der Waals surface area (Å²) in [6.45, 7) is 5.38. The lowest BCUT2D eigenvalue weighted by molar-refractivity contribution is -0.142. The molecule has 0 aliphatic heterocycles. The fraction of sp³-hybridized carbons (Fsp3) is 0.333. The molecule has 2 rings (SSSR count). The van der Waals surface area contributed by atoms with E-state index in [0.29, 0.717) is 5.75 Å². The van der Waals surface area contributed by atoms with Gasteiger partial charge in [0.25, 0.3) is 5.91 Å². The molecule has 1 N–H and O–H groups in total.